The topological polar surface area (TPSA) is 17.1 Å². The van der Waals surface area contributed by atoms with Gasteiger partial charge in [0.25, 0.3) is 5.41 Å². The van der Waals surface area contributed by atoms with E-state index in [1.165, 1.54) is 5.57 Å². The highest BCUT2D eigenvalue weighted by Crippen LogP contribution is 2.32. The third kappa shape index (κ3) is 1.55. The molecule has 1 nitrogen and oxygen atoms in total. The number of allylic oxidation sites excluding steroid dienone is 4. The van der Waals surface area contributed by atoms with Crippen LogP contribution in [-0.4, -0.2) is 6.29 Å². The molecule has 58 valence electrons. The van der Waals surface area contributed by atoms with E-state index < -0.39 is 0 Å². The Morgan fingerprint density at radius 3 is 2.82 bits per heavy atom. The van der Waals surface area contributed by atoms with Crippen molar-refractivity contribution in [2.75, 3.05) is 0 Å². The molecule has 0 heterocycles. The summed E-state index contributed by atoms with van der Waals surface area (Å²) in [6, 6.07) is 0. The molecule has 1 aliphatic rings. The van der Waals surface area contributed by atoms with Gasteiger partial charge >= 0.3 is 6.29 Å². The Morgan fingerprint density at radius 2 is 2.45 bits per heavy atom. The van der Waals surface area contributed by atoms with Crippen LogP contribution < -0.4 is 0 Å². The molecule has 0 spiro atoms. The molecular formula is C10H13O+. The second-order valence-corrected chi connectivity index (χ2v) is 3.16. The number of carbonyl (C=O) groups excluding carboxylic acids is 1. The molecule has 0 N–H and O–H groups in total. The molecule has 1 unspecified atom stereocenters. The van der Waals surface area contributed by atoms with Crippen LogP contribution in [0.4, 0.5) is 0 Å². The van der Waals surface area contributed by atoms with Crippen molar-refractivity contribution in [2.24, 2.45) is 5.41 Å². The lowest BCUT2D eigenvalue weighted by Gasteiger charge is -2.14. The SMILES string of the molecule is CCC1([C+]=O)C=CC=C(C)C1. The zero-order valence-electron chi connectivity index (χ0n) is 7.05. The van der Waals surface area contributed by atoms with Gasteiger partial charge in [0.05, 0.1) is 0 Å². The van der Waals surface area contributed by atoms with Crippen LogP contribution in [0.2, 0.25) is 0 Å². The predicted octanol–water partition coefficient (Wildman–Crippen LogP) is 2.40. The van der Waals surface area contributed by atoms with E-state index in [1.54, 1.807) is 0 Å². The standard InChI is InChI=1S/C10H13O/c1-3-10(8-11)6-4-5-9(2)7-10/h4-6H,3,7H2,1-2H3/q+1. The van der Waals surface area contributed by atoms with Crippen molar-refractivity contribution in [2.45, 2.75) is 26.7 Å². The van der Waals surface area contributed by atoms with Crippen molar-refractivity contribution in [1.82, 2.24) is 0 Å². The Balaban J connectivity index is 2.83. The summed E-state index contributed by atoms with van der Waals surface area (Å²) in [6.45, 7) is 4.07. The highest BCUT2D eigenvalue weighted by molar-refractivity contribution is 5.65. The summed E-state index contributed by atoms with van der Waals surface area (Å²) in [6.07, 6.45) is 9.75. The second-order valence-electron chi connectivity index (χ2n) is 3.16. The van der Waals surface area contributed by atoms with Crippen LogP contribution in [0.5, 0.6) is 0 Å². The van der Waals surface area contributed by atoms with E-state index in [0.29, 0.717) is 0 Å². The Hall–Kier alpha value is -0.940. The molecule has 1 aliphatic carbocycles. The lowest BCUT2D eigenvalue weighted by Crippen LogP contribution is -2.20. The zero-order chi connectivity index (χ0) is 8.32. The fourth-order valence-electron chi connectivity index (χ4n) is 1.40. The molecule has 0 radical (unpaired) electrons. The largest absolute Gasteiger partial charge is 0.517 e. The molecule has 0 aromatic heterocycles. The summed E-state index contributed by atoms with van der Waals surface area (Å²) in [4.78, 5) is 10.7. The maximum Gasteiger partial charge on any atom is 0.517 e. The van der Waals surface area contributed by atoms with Crippen molar-refractivity contribution in [1.29, 1.82) is 0 Å². The van der Waals surface area contributed by atoms with E-state index in [9.17, 15) is 4.79 Å². The maximum atomic E-state index is 10.7. The van der Waals surface area contributed by atoms with Crippen molar-refractivity contribution >= 4 is 6.29 Å². The Labute approximate surface area is 67.8 Å². The minimum Gasteiger partial charge on any atom is -0.0674 e. The quantitative estimate of drug-likeness (QED) is 0.551. The molecule has 1 atom stereocenters. The normalized spacial score (nSPS) is 29.5. The molecule has 1 heteroatoms. The molecule has 0 aromatic rings. The van der Waals surface area contributed by atoms with Crippen LogP contribution in [0.25, 0.3) is 0 Å². The van der Waals surface area contributed by atoms with Gasteiger partial charge in [-0.2, -0.15) is 0 Å². The minimum absolute atomic E-state index is 0.321. The van der Waals surface area contributed by atoms with E-state index in [4.69, 9.17) is 0 Å². The van der Waals surface area contributed by atoms with Crippen molar-refractivity contribution in [3.05, 3.63) is 23.8 Å². The zero-order valence-corrected chi connectivity index (χ0v) is 7.05. The highest BCUT2D eigenvalue weighted by atomic mass is 16.1. The van der Waals surface area contributed by atoms with Crippen molar-refractivity contribution in [3.63, 3.8) is 0 Å². The third-order valence-corrected chi connectivity index (χ3v) is 2.22. The summed E-state index contributed by atoms with van der Waals surface area (Å²) < 4.78 is 0. The number of rotatable bonds is 2. The first-order chi connectivity index (χ1) is 5.22. The van der Waals surface area contributed by atoms with Gasteiger partial charge in [-0.15, -0.1) is 0 Å². The summed E-state index contributed by atoms with van der Waals surface area (Å²) in [7, 11) is 0. The van der Waals surface area contributed by atoms with Gasteiger partial charge in [-0.05, 0) is 13.0 Å². The monoisotopic (exact) mass is 149 g/mol. The molecule has 11 heavy (non-hydrogen) atoms. The van der Waals surface area contributed by atoms with Crippen LogP contribution in [0.3, 0.4) is 0 Å². The van der Waals surface area contributed by atoms with Crippen LogP contribution in [0.1, 0.15) is 26.7 Å². The summed E-state index contributed by atoms with van der Waals surface area (Å²) >= 11 is 0. The maximum absolute atomic E-state index is 10.7. The summed E-state index contributed by atoms with van der Waals surface area (Å²) in [5.41, 5.74) is 0.941. The van der Waals surface area contributed by atoms with Gasteiger partial charge in [-0.25, -0.2) is 0 Å². The first-order valence-electron chi connectivity index (χ1n) is 3.97. The summed E-state index contributed by atoms with van der Waals surface area (Å²) in [5, 5.41) is 0. The van der Waals surface area contributed by atoms with E-state index >= 15 is 0 Å². The average Bonchev–Trinajstić information content (AvgIpc) is 2.04. The lowest BCUT2D eigenvalue weighted by molar-refractivity contribution is 0.441. The van der Waals surface area contributed by atoms with Crippen molar-refractivity contribution < 1.29 is 4.79 Å². The fourth-order valence-corrected chi connectivity index (χ4v) is 1.40. The molecule has 0 fully saturated rings. The van der Waals surface area contributed by atoms with E-state index in [2.05, 4.69) is 6.29 Å². The van der Waals surface area contributed by atoms with Crippen LogP contribution >= 0.6 is 0 Å². The van der Waals surface area contributed by atoms with Gasteiger partial charge in [0, 0.05) is 17.6 Å². The Morgan fingerprint density at radius 1 is 1.73 bits per heavy atom. The third-order valence-electron chi connectivity index (χ3n) is 2.22. The molecule has 1 rings (SSSR count). The molecule has 0 saturated carbocycles. The number of hydrogen-bond donors (Lipinski definition) is 0. The molecular weight excluding hydrogens is 136 g/mol. The van der Waals surface area contributed by atoms with Gasteiger partial charge in [0.1, 0.15) is 0 Å². The lowest BCUT2D eigenvalue weighted by atomic mass is 9.78. The van der Waals surface area contributed by atoms with Crippen LogP contribution in [0, 0.1) is 5.41 Å². The van der Waals surface area contributed by atoms with Gasteiger partial charge in [0.15, 0.2) is 0 Å². The van der Waals surface area contributed by atoms with Crippen LogP contribution in [0.15, 0.2) is 23.8 Å². The van der Waals surface area contributed by atoms with Gasteiger partial charge < -0.3 is 0 Å². The molecule has 0 bridgehead atoms. The highest BCUT2D eigenvalue weighted by Gasteiger charge is 2.40. The Kier molecular flexibility index (Phi) is 2.21. The van der Waals surface area contributed by atoms with Gasteiger partial charge in [0.2, 0.25) is 0 Å². The van der Waals surface area contributed by atoms with Gasteiger partial charge in [-0.1, -0.05) is 24.6 Å². The van der Waals surface area contributed by atoms with Crippen molar-refractivity contribution in [3.8, 4) is 0 Å². The summed E-state index contributed by atoms with van der Waals surface area (Å²) in [5.74, 6) is 0. The smallest absolute Gasteiger partial charge is 0.0674 e. The average molecular weight is 149 g/mol. The molecule has 0 saturated heterocycles. The molecule has 0 amide bonds. The Bertz CT molecular complexity index is 213. The van der Waals surface area contributed by atoms with Crippen LogP contribution in [-0.2, 0) is 4.79 Å². The first-order valence-corrected chi connectivity index (χ1v) is 3.97. The van der Waals surface area contributed by atoms with E-state index in [1.807, 2.05) is 32.1 Å². The first kappa shape index (κ1) is 8.16. The fraction of sp³-hybridized carbons (Fsp3) is 0.500. The molecule has 0 aliphatic heterocycles. The van der Waals surface area contributed by atoms with Gasteiger partial charge in [-0.3, -0.25) is 0 Å². The minimum atomic E-state index is -0.321. The second kappa shape index (κ2) is 2.98. The molecule has 0 aromatic carbocycles. The van der Waals surface area contributed by atoms with E-state index in [0.717, 1.165) is 12.8 Å². The number of hydrogen-bond acceptors (Lipinski definition) is 1. The van der Waals surface area contributed by atoms with E-state index in [-0.39, 0.29) is 5.41 Å². The predicted molar refractivity (Wildman–Crippen MR) is 45.9 cm³/mol.